The molecular weight excluding hydrogens is 313 g/mol. The molecule has 1 saturated heterocycles. The molecule has 1 aliphatic heterocycles. The van der Waals surface area contributed by atoms with Crippen LogP contribution in [-0.2, 0) is 4.74 Å². The monoisotopic (exact) mass is 324 g/mol. The van der Waals surface area contributed by atoms with Crippen LogP contribution in [0.3, 0.4) is 0 Å². The summed E-state index contributed by atoms with van der Waals surface area (Å²) in [5.41, 5.74) is 0.349. The van der Waals surface area contributed by atoms with Gasteiger partial charge in [0.05, 0.1) is 12.2 Å². The minimum atomic E-state index is -0.797. The molecule has 0 radical (unpaired) electrons. The lowest BCUT2D eigenvalue weighted by Gasteiger charge is -2.13. The SMILES string of the molecule is Fc1cccc(C2CCC(CI)O2)c1F. The lowest BCUT2D eigenvalue weighted by molar-refractivity contribution is 0.0571. The van der Waals surface area contributed by atoms with Crippen molar-refractivity contribution in [1.29, 1.82) is 0 Å². The second kappa shape index (κ2) is 4.74. The van der Waals surface area contributed by atoms with Crippen LogP contribution in [0.2, 0.25) is 0 Å². The van der Waals surface area contributed by atoms with Crippen LogP contribution in [0.1, 0.15) is 24.5 Å². The number of hydrogen-bond donors (Lipinski definition) is 0. The Morgan fingerprint density at radius 3 is 2.80 bits per heavy atom. The van der Waals surface area contributed by atoms with Crippen molar-refractivity contribution in [3.63, 3.8) is 0 Å². The van der Waals surface area contributed by atoms with Crippen molar-refractivity contribution in [2.75, 3.05) is 4.43 Å². The third-order valence-corrected chi connectivity index (χ3v) is 3.59. The smallest absolute Gasteiger partial charge is 0.164 e. The van der Waals surface area contributed by atoms with Gasteiger partial charge in [-0.25, -0.2) is 8.78 Å². The summed E-state index contributed by atoms with van der Waals surface area (Å²) in [6.45, 7) is 0. The fraction of sp³-hybridized carbons (Fsp3) is 0.455. The molecule has 2 rings (SSSR count). The van der Waals surface area contributed by atoms with E-state index in [9.17, 15) is 8.78 Å². The number of alkyl halides is 1. The second-order valence-corrected chi connectivity index (χ2v) is 4.50. The fourth-order valence-corrected chi connectivity index (χ4v) is 2.47. The minimum absolute atomic E-state index is 0.179. The topological polar surface area (TPSA) is 9.23 Å². The van der Waals surface area contributed by atoms with Crippen LogP contribution < -0.4 is 0 Å². The summed E-state index contributed by atoms with van der Waals surface area (Å²) in [4.78, 5) is 0. The summed E-state index contributed by atoms with van der Waals surface area (Å²) >= 11 is 2.24. The van der Waals surface area contributed by atoms with Gasteiger partial charge in [-0.3, -0.25) is 0 Å². The van der Waals surface area contributed by atoms with Crippen molar-refractivity contribution in [3.05, 3.63) is 35.4 Å². The lowest BCUT2D eigenvalue weighted by Crippen LogP contribution is -2.08. The van der Waals surface area contributed by atoms with Crippen molar-refractivity contribution in [2.45, 2.75) is 25.0 Å². The molecule has 82 valence electrons. The molecule has 0 aliphatic carbocycles. The van der Waals surface area contributed by atoms with Gasteiger partial charge >= 0.3 is 0 Å². The Kier molecular flexibility index (Phi) is 3.56. The minimum Gasteiger partial charge on any atom is -0.369 e. The van der Waals surface area contributed by atoms with Crippen LogP contribution in [0.25, 0.3) is 0 Å². The molecule has 1 aromatic rings. The summed E-state index contributed by atoms with van der Waals surface area (Å²) in [5, 5.41) is 0. The molecule has 4 heteroatoms. The van der Waals surface area contributed by atoms with Gasteiger partial charge in [-0.2, -0.15) is 0 Å². The molecule has 0 N–H and O–H groups in total. The van der Waals surface area contributed by atoms with Crippen LogP contribution in [0.4, 0.5) is 8.78 Å². The zero-order chi connectivity index (χ0) is 10.8. The average molecular weight is 324 g/mol. The van der Waals surface area contributed by atoms with Crippen molar-refractivity contribution >= 4 is 22.6 Å². The number of hydrogen-bond acceptors (Lipinski definition) is 1. The molecule has 0 spiro atoms. The first kappa shape index (κ1) is 11.3. The van der Waals surface area contributed by atoms with E-state index >= 15 is 0 Å². The molecule has 0 saturated carbocycles. The Hall–Kier alpha value is -0.230. The Bertz CT molecular complexity index is 356. The Morgan fingerprint density at radius 2 is 2.13 bits per heavy atom. The van der Waals surface area contributed by atoms with Crippen LogP contribution in [0.5, 0.6) is 0 Å². The van der Waals surface area contributed by atoms with Gasteiger partial charge in [0.1, 0.15) is 0 Å². The first-order chi connectivity index (χ1) is 7.22. The standard InChI is InChI=1S/C11H11F2IO/c12-9-3-1-2-8(11(9)13)10-5-4-7(6-14)15-10/h1-3,7,10H,4-6H2. The normalized spacial score (nSPS) is 25.8. The van der Waals surface area contributed by atoms with E-state index in [1.165, 1.54) is 6.07 Å². The third kappa shape index (κ3) is 2.30. The lowest BCUT2D eigenvalue weighted by atomic mass is 10.1. The van der Waals surface area contributed by atoms with E-state index in [1.807, 2.05) is 0 Å². The first-order valence-electron chi connectivity index (χ1n) is 4.87. The maximum absolute atomic E-state index is 13.4. The average Bonchev–Trinajstić information content (AvgIpc) is 2.70. The molecule has 1 aromatic carbocycles. The van der Waals surface area contributed by atoms with E-state index in [2.05, 4.69) is 22.6 Å². The molecule has 0 bridgehead atoms. The van der Waals surface area contributed by atoms with E-state index in [1.54, 1.807) is 6.07 Å². The highest BCUT2D eigenvalue weighted by Gasteiger charge is 2.28. The molecular formula is C11H11F2IO. The van der Waals surface area contributed by atoms with Crippen LogP contribution in [0.15, 0.2) is 18.2 Å². The Balaban J connectivity index is 2.20. The van der Waals surface area contributed by atoms with Gasteiger partial charge in [0.25, 0.3) is 0 Å². The fourth-order valence-electron chi connectivity index (χ4n) is 1.82. The third-order valence-electron chi connectivity index (χ3n) is 2.61. The number of rotatable bonds is 2. The molecule has 15 heavy (non-hydrogen) atoms. The summed E-state index contributed by atoms with van der Waals surface area (Å²) in [7, 11) is 0. The molecule has 1 fully saturated rings. The van der Waals surface area contributed by atoms with E-state index < -0.39 is 11.6 Å². The van der Waals surface area contributed by atoms with Crippen molar-refractivity contribution in [2.24, 2.45) is 0 Å². The zero-order valence-corrected chi connectivity index (χ0v) is 10.2. The number of benzene rings is 1. The molecule has 2 unspecified atom stereocenters. The Labute approximate surface area is 101 Å². The van der Waals surface area contributed by atoms with Crippen LogP contribution in [0, 0.1) is 11.6 Å². The van der Waals surface area contributed by atoms with Crippen molar-refractivity contribution in [3.8, 4) is 0 Å². The van der Waals surface area contributed by atoms with Crippen molar-refractivity contribution in [1.82, 2.24) is 0 Å². The van der Waals surface area contributed by atoms with Crippen molar-refractivity contribution < 1.29 is 13.5 Å². The predicted octanol–water partition coefficient (Wildman–Crippen LogP) is 3.62. The van der Waals surface area contributed by atoms with E-state index in [0.29, 0.717) is 5.56 Å². The highest BCUT2D eigenvalue weighted by Crippen LogP contribution is 2.35. The van der Waals surface area contributed by atoms with E-state index in [4.69, 9.17) is 4.74 Å². The van der Waals surface area contributed by atoms with E-state index in [-0.39, 0.29) is 12.2 Å². The Morgan fingerprint density at radius 1 is 1.33 bits per heavy atom. The van der Waals surface area contributed by atoms with Gasteiger partial charge < -0.3 is 4.74 Å². The first-order valence-corrected chi connectivity index (χ1v) is 6.40. The largest absolute Gasteiger partial charge is 0.369 e. The molecule has 1 heterocycles. The van der Waals surface area contributed by atoms with E-state index in [0.717, 1.165) is 23.3 Å². The number of ether oxygens (including phenoxy) is 1. The molecule has 1 aliphatic rings. The predicted molar refractivity (Wildman–Crippen MR) is 62.1 cm³/mol. The summed E-state index contributed by atoms with van der Waals surface area (Å²) in [6.07, 6.45) is 1.59. The summed E-state index contributed by atoms with van der Waals surface area (Å²) in [5.74, 6) is -1.56. The maximum atomic E-state index is 13.4. The van der Waals surface area contributed by atoms with Crippen LogP contribution in [-0.4, -0.2) is 10.5 Å². The maximum Gasteiger partial charge on any atom is 0.164 e. The van der Waals surface area contributed by atoms with Gasteiger partial charge in [-0.15, -0.1) is 0 Å². The molecule has 2 atom stereocenters. The highest BCUT2D eigenvalue weighted by molar-refractivity contribution is 14.1. The van der Waals surface area contributed by atoms with Gasteiger partial charge in [-0.05, 0) is 18.9 Å². The zero-order valence-electron chi connectivity index (χ0n) is 8.05. The molecule has 0 amide bonds. The second-order valence-electron chi connectivity index (χ2n) is 3.62. The van der Waals surface area contributed by atoms with Gasteiger partial charge in [0, 0.05) is 9.99 Å². The van der Waals surface area contributed by atoms with Crippen LogP contribution >= 0.6 is 22.6 Å². The summed E-state index contributed by atoms with van der Waals surface area (Å²) in [6, 6.07) is 4.25. The highest BCUT2D eigenvalue weighted by atomic mass is 127. The van der Waals surface area contributed by atoms with Gasteiger partial charge in [0.15, 0.2) is 11.6 Å². The van der Waals surface area contributed by atoms with Gasteiger partial charge in [-0.1, -0.05) is 34.7 Å². The van der Waals surface area contributed by atoms with Gasteiger partial charge in [0.2, 0.25) is 0 Å². The molecule has 0 aromatic heterocycles. The summed E-state index contributed by atoms with van der Waals surface area (Å²) < 4.78 is 32.9. The number of halogens is 3. The quantitative estimate of drug-likeness (QED) is 0.596. The molecule has 1 nitrogen and oxygen atoms in total.